The molecule has 0 aromatic heterocycles. The molecule has 0 saturated carbocycles. The highest BCUT2D eigenvalue weighted by molar-refractivity contribution is 5.48. The van der Waals surface area contributed by atoms with E-state index >= 15 is 0 Å². The number of anilines is 1. The Hall–Kier alpha value is -1.22. The van der Waals surface area contributed by atoms with Gasteiger partial charge in [0.1, 0.15) is 5.75 Å². The molecule has 114 valence electrons. The maximum atomic E-state index is 5.18. The fourth-order valence-electron chi connectivity index (χ4n) is 2.26. The Kier molecular flexibility index (Phi) is 8.12. The molecule has 1 rings (SSSR count). The Morgan fingerprint density at radius 1 is 1.20 bits per heavy atom. The second kappa shape index (κ2) is 9.65. The normalized spacial score (nSPS) is 12.2. The van der Waals surface area contributed by atoms with Crippen LogP contribution in [0.1, 0.15) is 39.5 Å². The lowest BCUT2D eigenvalue weighted by atomic mass is 10.1. The van der Waals surface area contributed by atoms with Gasteiger partial charge in [0, 0.05) is 25.3 Å². The third-order valence-electron chi connectivity index (χ3n) is 3.64. The SMILES string of the molecule is CCCNC(C)CCCCN(C)c1ccc(OC)cc1. The predicted molar refractivity (Wildman–Crippen MR) is 87.9 cm³/mol. The van der Waals surface area contributed by atoms with Crippen molar-refractivity contribution in [3.05, 3.63) is 24.3 Å². The van der Waals surface area contributed by atoms with Gasteiger partial charge in [-0.25, -0.2) is 0 Å². The van der Waals surface area contributed by atoms with E-state index in [9.17, 15) is 0 Å². The van der Waals surface area contributed by atoms with Crippen LogP contribution in [0.2, 0.25) is 0 Å². The van der Waals surface area contributed by atoms with Crippen molar-refractivity contribution in [2.24, 2.45) is 0 Å². The summed E-state index contributed by atoms with van der Waals surface area (Å²) in [6, 6.07) is 8.90. The minimum Gasteiger partial charge on any atom is -0.497 e. The molecule has 0 fully saturated rings. The molecule has 0 aliphatic rings. The van der Waals surface area contributed by atoms with Crippen molar-refractivity contribution >= 4 is 5.69 Å². The van der Waals surface area contributed by atoms with Crippen LogP contribution in [0.3, 0.4) is 0 Å². The van der Waals surface area contributed by atoms with Crippen LogP contribution < -0.4 is 15.0 Å². The summed E-state index contributed by atoms with van der Waals surface area (Å²) in [6.45, 7) is 6.73. The molecule has 0 aliphatic heterocycles. The summed E-state index contributed by atoms with van der Waals surface area (Å²) in [5.74, 6) is 0.915. The number of ether oxygens (including phenoxy) is 1. The van der Waals surface area contributed by atoms with Crippen molar-refractivity contribution in [3.8, 4) is 5.75 Å². The van der Waals surface area contributed by atoms with E-state index in [1.165, 1.54) is 31.4 Å². The third kappa shape index (κ3) is 6.29. The van der Waals surface area contributed by atoms with E-state index in [4.69, 9.17) is 4.74 Å². The molecule has 1 aromatic rings. The van der Waals surface area contributed by atoms with E-state index < -0.39 is 0 Å². The van der Waals surface area contributed by atoms with E-state index in [-0.39, 0.29) is 0 Å². The number of methoxy groups -OCH3 is 1. The van der Waals surface area contributed by atoms with E-state index in [1.54, 1.807) is 7.11 Å². The fourth-order valence-corrected chi connectivity index (χ4v) is 2.26. The van der Waals surface area contributed by atoms with Gasteiger partial charge in [-0.15, -0.1) is 0 Å². The molecule has 1 unspecified atom stereocenters. The molecule has 0 amide bonds. The zero-order valence-electron chi connectivity index (χ0n) is 13.5. The molecule has 0 saturated heterocycles. The first-order chi connectivity index (χ1) is 9.67. The van der Waals surface area contributed by atoms with Gasteiger partial charge in [0.05, 0.1) is 7.11 Å². The van der Waals surface area contributed by atoms with Gasteiger partial charge in [-0.05, 0) is 57.0 Å². The molecule has 0 spiro atoms. The number of unbranched alkanes of at least 4 members (excludes halogenated alkanes) is 1. The van der Waals surface area contributed by atoms with Crippen LogP contribution in [-0.2, 0) is 0 Å². The largest absolute Gasteiger partial charge is 0.497 e. The number of hydrogen-bond donors (Lipinski definition) is 1. The topological polar surface area (TPSA) is 24.5 Å². The van der Waals surface area contributed by atoms with Crippen molar-refractivity contribution in [2.75, 3.05) is 32.1 Å². The maximum Gasteiger partial charge on any atom is 0.119 e. The standard InChI is InChI=1S/C17H30N2O/c1-5-13-18-15(2)8-6-7-14-19(3)16-9-11-17(20-4)12-10-16/h9-12,15,18H,5-8,13-14H2,1-4H3. The molecular formula is C17H30N2O. The zero-order valence-corrected chi connectivity index (χ0v) is 13.5. The lowest BCUT2D eigenvalue weighted by Crippen LogP contribution is -2.27. The smallest absolute Gasteiger partial charge is 0.119 e. The molecule has 20 heavy (non-hydrogen) atoms. The highest BCUT2D eigenvalue weighted by Crippen LogP contribution is 2.18. The summed E-state index contributed by atoms with van der Waals surface area (Å²) in [7, 11) is 3.85. The van der Waals surface area contributed by atoms with Crippen LogP contribution in [0.5, 0.6) is 5.75 Å². The summed E-state index contributed by atoms with van der Waals surface area (Å²) in [5, 5.41) is 3.54. The molecule has 3 heteroatoms. The highest BCUT2D eigenvalue weighted by Gasteiger charge is 2.03. The van der Waals surface area contributed by atoms with Crippen LogP contribution >= 0.6 is 0 Å². The average Bonchev–Trinajstić information content (AvgIpc) is 2.49. The predicted octanol–water partition coefficient (Wildman–Crippen LogP) is 3.69. The molecular weight excluding hydrogens is 248 g/mol. The molecule has 0 heterocycles. The van der Waals surface area contributed by atoms with Crippen molar-refractivity contribution in [2.45, 2.75) is 45.6 Å². The van der Waals surface area contributed by atoms with Gasteiger partial charge in [0.25, 0.3) is 0 Å². The summed E-state index contributed by atoms with van der Waals surface area (Å²) in [6.07, 6.45) is 4.99. The van der Waals surface area contributed by atoms with Crippen LogP contribution in [-0.4, -0.2) is 33.3 Å². The maximum absolute atomic E-state index is 5.18. The van der Waals surface area contributed by atoms with E-state index in [0.29, 0.717) is 6.04 Å². The van der Waals surface area contributed by atoms with Crippen LogP contribution in [0.15, 0.2) is 24.3 Å². The fraction of sp³-hybridized carbons (Fsp3) is 0.647. The number of benzene rings is 1. The van der Waals surface area contributed by atoms with Gasteiger partial charge < -0.3 is 15.0 Å². The lowest BCUT2D eigenvalue weighted by Gasteiger charge is -2.20. The molecule has 0 bridgehead atoms. The highest BCUT2D eigenvalue weighted by atomic mass is 16.5. The first kappa shape index (κ1) is 16.8. The summed E-state index contributed by atoms with van der Waals surface area (Å²) in [4.78, 5) is 2.31. The van der Waals surface area contributed by atoms with Crippen molar-refractivity contribution < 1.29 is 4.74 Å². The molecule has 1 aromatic carbocycles. The minimum atomic E-state index is 0.640. The zero-order chi connectivity index (χ0) is 14.8. The van der Waals surface area contributed by atoms with Gasteiger partial charge >= 0.3 is 0 Å². The summed E-state index contributed by atoms with van der Waals surface area (Å²) < 4.78 is 5.18. The quantitative estimate of drug-likeness (QED) is 0.661. The first-order valence-electron chi connectivity index (χ1n) is 7.76. The van der Waals surface area contributed by atoms with Crippen LogP contribution in [0.25, 0.3) is 0 Å². The van der Waals surface area contributed by atoms with E-state index in [0.717, 1.165) is 18.8 Å². The molecule has 0 radical (unpaired) electrons. The van der Waals surface area contributed by atoms with Gasteiger partial charge in [0.15, 0.2) is 0 Å². The second-order valence-electron chi connectivity index (χ2n) is 5.47. The van der Waals surface area contributed by atoms with E-state index in [2.05, 4.69) is 43.2 Å². The summed E-state index contributed by atoms with van der Waals surface area (Å²) >= 11 is 0. The van der Waals surface area contributed by atoms with Crippen molar-refractivity contribution in [1.29, 1.82) is 0 Å². The molecule has 1 N–H and O–H groups in total. The summed E-state index contributed by atoms with van der Waals surface area (Å²) in [5.41, 5.74) is 1.25. The second-order valence-corrected chi connectivity index (χ2v) is 5.47. The molecule has 0 aliphatic carbocycles. The first-order valence-corrected chi connectivity index (χ1v) is 7.76. The number of hydrogen-bond acceptors (Lipinski definition) is 3. The Morgan fingerprint density at radius 3 is 2.50 bits per heavy atom. The van der Waals surface area contributed by atoms with Crippen LogP contribution in [0, 0.1) is 0 Å². The monoisotopic (exact) mass is 278 g/mol. The lowest BCUT2D eigenvalue weighted by molar-refractivity contribution is 0.415. The molecule has 3 nitrogen and oxygen atoms in total. The van der Waals surface area contributed by atoms with Gasteiger partial charge in [-0.1, -0.05) is 13.3 Å². The number of rotatable bonds is 10. The third-order valence-corrected chi connectivity index (χ3v) is 3.64. The van der Waals surface area contributed by atoms with Crippen LogP contribution in [0.4, 0.5) is 5.69 Å². The average molecular weight is 278 g/mol. The van der Waals surface area contributed by atoms with Gasteiger partial charge in [0.2, 0.25) is 0 Å². The van der Waals surface area contributed by atoms with Crippen molar-refractivity contribution in [3.63, 3.8) is 0 Å². The Bertz CT molecular complexity index is 351. The number of nitrogens with zero attached hydrogens (tertiary/aromatic N) is 1. The van der Waals surface area contributed by atoms with Gasteiger partial charge in [-0.3, -0.25) is 0 Å². The van der Waals surface area contributed by atoms with Crippen molar-refractivity contribution in [1.82, 2.24) is 5.32 Å². The molecule has 1 atom stereocenters. The van der Waals surface area contributed by atoms with Gasteiger partial charge in [-0.2, -0.15) is 0 Å². The Labute approximate surface area is 124 Å². The Morgan fingerprint density at radius 2 is 1.90 bits per heavy atom. The Balaban J connectivity index is 2.20. The van der Waals surface area contributed by atoms with E-state index in [1.807, 2.05) is 12.1 Å². The number of nitrogens with one attached hydrogen (secondary N) is 1. The minimum absolute atomic E-state index is 0.640.